The van der Waals surface area contributed by atoms with Gasteiger partial charge in [0.25, 0.3) is 5.91 Å². The van der Waals surface area contributed by atoms with Crippen LogP contribution < -0.4 is 9.47 Å². The SMILES string of the molecule is CCOc1cc(C=CC(=O)c2ccc(O)cc2)cc(Br)c1OCC(=O)N(C)C. The van der Waals surface area contributed by atoms with E-state index in [1.807, 2.05) is 6.92 Å². The minimum absolute atomic E-state index is 0.106. The molecular weight excluding hydrogens is 426 g/mol. The standard InChI is InChI=1S/C21H22BrNO5/c1-4-27-19-12-14(5-10-18(25)15-6-8-16(24)9-7-15)11-17(22)21(19)28-13-20(26)23(2)3/h5-12,24H,4,13H2,1-3H3. The second-order valence-electron chi connectivity index (χ2n) is 6.08. The van der Waals surface area contributed by atoms with E-state index in [4.69, 9.17) is 9.47 Å². The average Bonchev–Trinajstić information content (AvgIpc) is 2.66. The van der Waals surface area contributed by atoms with Crippen LogP contribution in [-0.4, -0.2) is 49.0 Å². The summed E-state index contributed by atoms with van der Waals surface area (Å²) in [5.41, 5.74) is 1.20. The van der Waals surface area contributed by atoms with Crippen molar-refractivity contribution in [2.45, 2.75) is 6.92 Å². The molecule has 0 atom stereocenters. The van der Waals surface area contributed by atoms with Gasteiger partial charge in [0.05, 0.1) is 11.1 Å². The maximum Gasteiger partial charge on any atom is 0.259 e. The van der Waals surface area contributed by atoms with E-state index in [1.165, 1.54) is 23.1 Å². The average molecular weight is 448 g/mol. The topological polar surface area (TPSA) is 76.1 Å². The lowest BCUT2D eigenvalue weighted by Gasteiger charge is -2.16. The van der Waals surface area contributed by atoms with Crippen LogP contribution in [0.2, 0.25) is 0 Å². The van der Waals surface area contributed by atoms with Gasteiger partial charge in [0.15, 0.2) is 23.9 Å². The number of rotatable bonds is 8. The number of ether oxygens (including phenoxy) is 2. The molecule has 0 aromatic heterocycles. The van der Waals surface area contributed by atoms with E-state index in [9.17, 15) is 14.7 Å². The Morgan fingerprint density at radius 1 is 1.14 bits per heavy atom. The number of benzene rings is 2. The quantitative estimate of drug-likeness (QED) is 0.490. The molecule has 1 N–H and O–H groups in total. The molecular formula is C21H22BrNO5. The highest BCUT2D eigenvalue weighted by Gasteiger charge is 2.14. The monoisotopic (exact) mass is 447 g/mol. The fourth-order valence-corrected chi connectivity index (χ4v) is 2.82. The second kappa shape index (κ2) is 9.94. The molecule has 1 amide bonds. The number of allylic oxidation sites excluding steroid dienone is 1. The molecule has 2 rings (SSSR count). The summed E-state index contributed by atoms with van der Waals surface area (Å²) < 4.78 is 11.9. The summed E-state index contributed by atoms with van der Waals surface area (Å²) in [6.45, 7) is 2.16. The minimum atomic E-state index is -0.189. The van der Waals surface area contributed by atoms with Gasteiger partial charge in [-0.3, -0.25) is 9.59 Å². The maximum absolute atomic E-state index is 12.3. The van der Waals surface area contributed by atoms with Gasteiger partial charge >= 0.3 is 0 Å². The van der Waals surface area contributed by atoms with Crippen molar-refractivity contribution in [2.24, 2.45) is 0 Å². The molecule has 2 aromatic rings. The first-order valence-electron chi connectivity index (χ1n) is 8.62. The van der Waals surface area contributed by atoms with Gasteiger partial charge in [-0.25, -0.2) is 0 Å². The van der Waals surface area contributed by atoms with Crippen LogP contribution >= 0.6 is 15.9 Å². The van der Waals surface area contributed by atoms with Gasteiger partial charge < -0.3 is 19.5 Å². The summed E-state index contributed by atoms with van der Waals surface area (Å²) in [6.07, 6.45) is 3.11. The van der Waals surface area contributed by atoms with Crippen LogP contribution in [0.4, 0.5) is 0 Å². The fourth-order valence-electron chi connectivity index (χ4n) is 2.24. The van der Waals surface area contributed by atoms with E-state index in [0.717, 1.165) is 5.56 Å². The zero-order chi connectivity index (χ0) is 20.7. The molecule has 0 aliphatic heterocycles. The number of halogens is 1. The van der Waals surface area contributed by atoms with Gasteiger partial charge in [-0.1, -0.05) is 6.08 Å². The van der Waals surface area contributed by atoms with Crippen molar-refractivity contribution in [3.8, 4) is 17.2 Å². The molecule has 0 heterocycles. The molecule has 0 saturated carbocycles. The van der Waals surface area contributed by atoms with E-state index in [2.05, 4.69) is 15.9 Å². The molecule has 28 heavy (non-hydrogen) atoms. The van der Waals surface area contributed by atoms with E-state index >= 15 is 0 Å². The molecule has 6 nitrogen and oxygen atoms in total. The Morgan fingerprint density at radius 2 is 1.82 bits per heavy atom. The Kier molecular flexibility index (Phi) is 7.63. The smallest absolute Gasteiger partial charge is 0.259 e. The van der Waals surface area contributed by atoms with Crippen LogP contribution in [-0.2, 0) is 4.79 Å². The van der Waals surface area contributed by atoms with Crippen LogP contribution in [0.25, 0.3) is 6.08 Å². The first-order chi connectivity index (χ1) is 13.3. The van der Waals surface area contributed by atoms with Gasteiger partial charge in [0.2, 0.25) is 0 Å². The Labute approximate surface area is 172 Å². The number of likely N-dealkylation sites (N-methyl/N-ethyl adjacent to an activating group) is 1. The molecule has 0 aliphatic rings. The lowest BCUT2D eigenvalue weighted by atomic mass is 10.1. The number of hydrogen-bond acceptors (Lipinski definition) is 5. The third-order valence-corrected chi connectivity index (χ3v) is 4.34. The molecule has 0 unspecified atom stereocenters. The van der Waals surface area contributed by atoms with E-state index in [-0.39, 0.29) is 24.0 Å². The van der Waals surface area contributed by atoms with Crippen LogP contribution in [0.3, 0.4) is 0 Å². The molecule has 7 heteroatoms. The molecule has 0 radical (unpaired) electrons. The van der Waals surface area contributed by atoms with Gasteiger partial charge in [0, 0.05) is 19.7 Å². The molecule has 0 bridgehead atoms. The summed E-state index contributed by atoms with van der Waals surface area (Å²) in [4.78, 5) is 25.5. The number of nitrogens with zero attached hydrogens (tertiary/aromatic N) is 1. The summed E-state index contributed by atoms with van der Waals surface area (Å²) in [7, 11) is 3.31. The van der Waals surface area contributed by atoms with Crippen molar-refractivity contribution in [1.82, 2.24) is 4.90 Å². The van der Waals surface area contributed by atoms with Crippen molar-refractivity contribution < 1.29 is 24.2 Å². The van der Waals surface area contributed by atoms with Gasteiger partial charge in [0.1, 0.15) is 5.75 Å². The number of phenolic OH excluding ortho intramolecular Hbond substituents is 1. The molecule has 0 saturated heterocycles. The van der Waals surface area contributed by atoms with Crippen molar-refractivity contribution in [2.75, 3.05) is 27.3 Å². The molecule has 0 spiro atoms. The number of amides is 1. The van der Waals surface area contributed by atoms with Crippen molar-refractivity contribution in [3.63, 3.8) is 0 Å². The number of carbonyl (C=O) groups excluding carboxylic acids is 2. The Morgan fingerprint density at radius 3 is 2.43 bits per heavy atom. The molecule has 0 fully saturated rings. The molecule has 148 valence electrons. The Balaban J connectivity index is 2.22. The predicted molar refractivity (Wildman–Crippen MR) is 111 cm³/mol. The number of ketones is 1. The lowest BCUT2D eigenvalue weighted by Crippen LogP contribution is -2.27. The minimum Gasteiger partial charge on any atom is -0.508 e. The van der Waals surface area contributed by atoms with E-state index in [0.29, 0.717) is 28.1 Å². The zero-order valence-corrected chi connectivity index (χ0v) is 17.5. The van der Waals surface area contributed by atoms with Crippen LogP contribution in [0, 0.1) is 0 Å². The number of hydrogen-bond donors (Lipinski definition) is 1. The molecule has 2 aromatic carbocycles. The summed E-state index contributed by atoms with van der Waals surface area (Å²) in [5.74, 6) is 0.650. The van der Waals surface area contributed by atoms with Crippen molar-refractivity contribution in [1.29, 1.82) is 0 Å². The van der Waals surface area contributed by atoms with Gasteiger partial charge in [-0.15, -0.1) is 0 Å². The van der Waals surface area contributed by atoms with Gasteiger partial charge in [-0.2, -0.15) is 0 Å². The number of phenols is 1. The first-order valence-corrected chi connectivity index (χ1v) is 9.41. The predicted octanol–water partition coefficient (Wildman–Crippen LogP) is 3.92. The highest BCUT2D eigenvalue weighted by atomic mass is 79.9. The summed E-state index contributed by atoms with van der Waals surface area (Å²) in [5, 5.41) is 9.31. The number of carbonyl (C=O) groups is 2. The van der Waals surface area contributed by atoms with Crippen LogP contribution in [0.15, 0.2) is 46.9 Å². The third kappa shape index (κ3) is 5.85. The second-order valence-corrected chi connectivity index (χ2v) is 6.94. The Bertz CT molecular complexity index is 875. The van der Waals surface area contributed by atoms with Crippen molar-refractivity contribution >= 4 is 33.7 Å². The highest BCUT2D eigenvalue weighted by Crippen LogP contribution is 2.37. The van der Waals surface area contributed by atoms with Crippen LogP contribution in [0.5, 0.6) is 17.2 Å². The highest BCUT2D eigenvalue weighted by molar-refractivity contribution is 9.10. The Hall–Kier alpha value is -2.80. The van der Waals surface area contributed by atoms with Crippen LogP contribution in [0.1, 0.15) is 22.8 Å². The maximum atomic E-state index is 12.3. The largest absolute Gasteiger partial charge is 0.508 e. The van der Waals surface area contributed by atoms with Gasteiger partial charge in [-0.05, 0) is 70.9 Å². The summed E-state index contributed by atoms with van der Waals surface area (Å²) in [6, 6.07) is 9.56. The van der Waals surface area contributed by atoms with E-state index < -0.39 is 0 Å². The van der Waals surface area contributed by atoms with E-state index in [1.54, 1.807) is 44.4 Å². The lowest BCUT2D eigenvalue weighted by molar-refractivity contribution is -0.130. The summed E-state index contributed by atoms with van der Waals surface area (Å²) >= 11 is 3.44. The zero-order valence-electron chi connectivity index (χ0n) is 15.9. The normalized spacial score (nSPS) is 10.7. The molecule has 0 aliphatic carbocycles. The third-order valence-electron chi connectivity index (χ3n) is 3.75. The number of aromatic hydroxyl groups is 1. The fraction of sp³-hybridized carbons (Fsp3) is 0.238. The first kappa shape index (κ1) is 21.5. The van der Waals surface area contributed by atoms with Crippen molar-refractivity contribution in [3.05, 3.63) is 58.1 Å².